The van der Waals surface area contributed by atoms with Crippen molar-refractivity contribution in [2.45, 2.75) is 50.9 Å². The van der Waals surface area contributed by atoms with Gasteiger partial charge in [-0.1, -0.05) is 6.92 Å². The molecule has 1 N–H and O–H groups in total. The molecule has 12 heteroatoms. The summed E-state index contributed by atoms with van der Waals surface area (Å²) in [4.78, 5) is 46.0. The molecule has 2 aliphatic heterocycles. The summed E-state index contributed by atoms with van der Waals surface area (Å²) < 4.78 is 39.3. The molecule has 0 bridgehead atoms. The molecular formula is C36H44N2O10. The van der Waals surface area contributed by atoms with E-state index in [-0.39, 0.29) is 35.2 Å². The lowest BCUT2D eigenvalue weighted by atomic mass is 9.63. The first-order chi connectivity index (χ1) is 23.2. The zero-order chi connectivity index (χ0) is 34.3. The van der Waals surface area contributed by atoms with Crippen molar-refractivity contribution < 1.29 is 47.5 Å². The van der Waals surface area contributed by atoms with Crippen molar-refractivity contribution in [1.29, 1.82) is 0 Å². The van der Waals surface area contributed by atoms with Crippen LogP contribution in [-0.2, 0) is 25.4 Å². The molecule has 6 atom stereocenters. The van der Waals surface area contributed by atoms with Crippen LogP contribution in [0.2, 0.25) is 0 Å². The van der Waals surface area contributed by atoms with Crippen LogP contribution in [0.25, 0.3) is 10.9 Å². The maximum Gasteiger partial charge on any atom is 0.338 e. The zero-order valence-corrected chi connectivity index (χ0v) is 28.5. The average molecular weight is 665 g/mol. The number of ether oxygens (including phenoxy) is 7. The lowest BCUT2D eigenvalue weighted by molar-refractivity contribution is -0.176. The lowest BCUT2D eigenvalue weighted by Gasteiger charge is -2.52. The number of esters is 2. The third kappa shape index (κ3) is 5.64. The number of H-pyrrole nitrogens is 1. The molecule has 6 rings (SSSR count). The van der Waals surface area contributed by atoms with Gasteiger partial charge >= 0.3 is 11.9 Å². The number of nitrogens with zero attached hydrogens (tertiary/aromatic N) is 1. The summed E-state index contributed by atoms with van der Waals surface area (Å²) in [6.07, 6.45) is 1.01. The second-order valence-electron chi connectivity index (χ2n) is 12.7. The van der Waals surface area contributed by atoms with E-state index in [1.807, 2.05) is 19.1 Å². The fraction of sp³-hybridized carbons (Fsp3) is 0.528. The summed E-state index contributed by atoms with van der Waals surface area (Å²) in [5.41, 5.74) is 4.04. The number of benzene rings is 2. The summed E-state index contributed by atoms with van der Waals surface area (Å²) in [5.74, 6) is -0.0432. The normalized spacial score (nSPS) is 24.9. The second-order valence-corrected chi connectivity index (χ2v) is 12.7. The molecule has 0 amide bonds. The summed E-state index contributed by atoms with van der Waals surface area (Å²) in [5, 5.41) is 1.03. The highest BCUT2D eigenvalue weighted by molar-refractivity contribution is 6.03. The van der Waals surface area contributed by atoms with E-state index in [0.29, 0.717) is 47.8 Å². The zero-order valence-electron chi connectivity index (χ0n) is 28.5. The number of Topliss-reactive ketones (excluding diaryl/α,β-unsaturated/α-hetero) is 1. The SMILES string of the molecule is CCC(=O)c1cc2c3c([nH]c2cc1OC)[C@H]1C[C@H]2[C@H](C[C@@H](OC(=O)c4cc(OC)c(OC)c(OC)c4)[C@H](OC)[C@H]2C(=O)OC)CN1CC3. The quantitative estimate of drug-likeness (QED) is 0.237. The number of methoxy groups -OCH3 is 6. The van der Waals surface area contributed by atoms with Gasteiger partial charge in [-0.15, -0.1) is 0 Å². The number of nitrogens with one attached hydrogen (secondary N) is 1. The van der Waals surface area contributed by atoms with Crippen LogP contribution in [0.15, 0.2) is 24.3 Å². The Balaban J connectivity index is 1.31. The molecule has 48 heavy (non-hydrogen) atoms. The molecular weight excluding hydrogens is 620 g/mol. The number of piperidine rings is 1. The van der Waals surface area contributed by atoms with Crippen LogP contribution in [0.3, 0.4) is 0 Å². The first-order valence-corrected chi connectivity index (χ1v) is 16.3. The molecule has 3 heterocycles. The van der Waals surface area contributed by atoms with Gasteiger partial charge in [-0.3, -0.25) is 14.5 Å². The van der Waals surface area contributed by atoms with Gasteiger partial charge in [0, 0.05) is 49.3 Å². The fourth-order valence-electron chi connectivity index (χ4n) is 8.26. The number of ketones is 1. The van der Waals surface area contributed by atoms with Crippen molar-refractivity contribution in [3.8, 4) is 23.0 Å². The molecule has 0 radical (unpaired) electrons. The van der Waals surface area contributed by atoms with E-state index in [1.165, 1.54) is 41.1 Å². The third-order valence-corrected chi connectivity index (χ3v) is 10.5. The number of aromatic nitrogens is 1. The van der Waals surface area contributed by atoms with Crippen LogP contribution >= 0.6 is 0 Å². The molecule has 1 aromatic heterocycles. The molecule has 258 valence electrons. The van der Waals surface area contributed by atoms with Crippen LogP contribution in [0.1, 0.15) is 64.2 Å². The average Bonchev–Trinajstić information content (AvgIpc) is 3.49. The third-order valence-electron chi connectivity index (χ3n) is 10.5. The minimum atomic E-state index is -0.714. The number of aromatic amines is 1. The first-order valence-electron chi connectivity index (χ1n) is 16.3. The van der Waals surface area contributed by atoms with Gasteiger partial charge in [-0.2, -0.15) is 0 Å². The van der Waals surface area contributed by atoms with Crippen LogP contribution in [-0.4, -0.2) is 95.6 Å². The van der Waals surface area contributed by atoms with Gasteiger partial charge in [0.05, 0.1) is 58.6 Å². The molecule has 2 aromatic carbocycles. The minimum absolute atomic E-state index is 0.0294. The Labute approximate surface area is 279 Å². The molecule has 1 saturated heterocycles. The lowest BCUT2D eigenvalue weighted by Crippen LogP contribution is -2.58. The molecule has 3 aromatic rings. The molecule has 1 saturated carbocycles. The van der Waals surface area contributed by atoms with E-state index >= 15 is 0 Å². The predicted octanol–water partition coefficient (Wildman–Crippen LogP) is 4.76. The Morgan fingerprint density at radius 1 is 0.896 bits per heavy atom. The Morgan fingerprint density at radius 3 is 2.21 bits per heavy atom. The maximum absolute atomic E-state index is 13.6. The number of carbonyl (C=O) groups is 3. The van der Waals surface area contributed by atoms with Crippen molar-refractivity contribution in [3.05, 3.63) is 46.6 Å². The van der Waals surface area contributed by atoms with Crippen LogP contribution in [0, 0.1) is 17.8 Å². The Morgan fingerprint density at radius 2 is 1.60 bits per heavy atom. The molecule has 1 aliphatic carbocycles. The van der Waals surface area contributed by atoms with Gasteiger partial charge in [0.1, 0.15) is 18.0 Å². The van der Waals surface area contributed by atoms with E-state index in [9.17, 15) is 14.4 Å². The largest absolute Gasteiger partial charge is 0.496 e. The second kappa shape index (κ2) is 13.7. The topological polar surface area (TPSA) is 135 Å². The van der Waals surface area contributed by atoms with Gasteiger partial charge in [-0.25, -0.2) is 4.79 Å². The first kappa shape index (κ1) is 33.6. The van der Waals surface area contributed by atoms with Crippen molar-refractivity contribution in [2.24, 2.45) is 17.8 Å². The Bertz CT molecular complexity index is 1690. The van der Waals surface area contributed by atoms with E-state index < -0.39 is 24.1 Å². The van der Waals surface area contributed by atoms with E-state index in [0.717, 1.165) is 36.1 Å². The number of hydrogen-bond acceptors (Lipinski definition) is 11. The van der Waals surface area contributed by atoms with Crippen molar-refractivity contribution in [3.63, 3.8) is 0 Å². The summed E-state index contributed by atoms with van der Waals surface area (Å²) >= 11 is 0. The molecule has 2 fully saturated rings. The highest BCUT2D eigenvalue weighted by Crippen LogP contribution is 2.51. The van der Waals surface area contributed by atoms with Gasteiger partial charge in [0.15, 0.2) is 17.3 Å². The van der Waals surface area contributed by atoms with E-state index in [2.05, 4.69) is 9.88 Å². The number of carbonyl (C=O) groups excluding carboxylic acids is 3. The van der Waals surface area contributed by atoms with Gasteiger partial charge in [0.2, 0.25) is 5.75 Å². The highest BCUT2D eigenvalue weighted by Gasteiger charge is 2.54. The van der Waals surface area contributed by atoms with Crippen molar-refractivity contribution >= 4 is 28.6 Å². The van der Waals surface area contributed by atoms with Crippen molar-refractivity contribution in [1.82, 2.24) is 9.88 Å². The van der Waals surface area contributed by atoms with E-state index in [1.54, 1.807) is 19.2 Å². The van der Waals surface area contributed by atoms with Crippen LogP contribution in [0.4, 0.5) is 0 Å². The standard InChI is InChI=1S/C36H44N2O10/c1-8-26(39)23-14-22-20-9-10-38-17-19-13-30(48-35(40)18-11-28(43-3)33(45-5)29(12-18)44-4)34(46-6)31(36(41)47-7)21(19)15-25(38)32(20)37-24(22)16-27(23)42-2/h11-12,14,16,19,21,25,30-31,34,37H,8-10,13,15,17H2,1-7H3/t19-,21+,25-,30-,31+,34+/m1/s1. The minimum Gasteiger partial charge on any atom is -0.496 e. The predicted molar refractivity (Wildman–Crippen MR) is 175 cm³/mol. The summed E-state index contributed by atoms with van der Waals surface area (Å²) in [6.45, 7) is 3.39. The van der Waals surface area contributed by atoms with Crippen LogP contribution in [0.5, 0.6) is 23.0 Å². The molecule has 0 spiro atoms. The number of fused-ring (bicyclic) bond motifs is 6. The Hall–Kier alpha value is -4.29. The van der Waals surface area contributed by atoms with Gasteiger partial charge < -0.3 is 38.1 Å². The molecule has 0 unspecified atom stereocenters. The molecule has 3 aliphatic rings. The summed E-state index contributed by atoms with van der Waals surface area (Å²) in [7, 11) is 8.95. The van der Waals surface area contributed by atoms with Gasteiger partial charge in [0.25, 0.3) is 0 Å². The smallest absolute Gasteiger partial charge is 0.338 e. The summed E-state index contributed by atoms with van der Waals surface area (Å²) in [6, 6.07) is 6.99. The molecule has 12 nitrogen and oxygen atoms in total. The number of rotatable bonds is 10. The monoisotopic (exact) mass is 664 g/mol. The number of hydrogen-bond donors (Lipinski definition) is 1. The Kier molecular flexibility index (Phi) is 9.57. The van der Waals surface area contributed by atoms with Crippen molar-refractivity contribution in [2.75, 3.05) is 55.7 Å². The van der Waals surface area contributed by atoms with Gasteiger partial charge in [-0.05, 0) is 54.9 Å². The maximum atomic E-state index is 13.6. The fourth-order valence-corrected chi connectivity index (χ4v) is 8.26. The van der Waals surface area contributed by atoms with Crippen LogP contribution < -0.4 is 18.9 Å². The highest BCUT2D eigenvalue weighted by atomic mass is 16.6. The van der Waals surface area contributed by atoms with E-state index in [4.69, 9.17) is 33.2 Å².